The van der Waals surface area contributed by atoms with Crippen molar-refractivity contribution in [3.63, 3.8) is 0 Å². The molecule has 5 heteroatoms. The molecule has 0 unspecified atom stereocenters. The second-order valence-electron chi connectivity index (χ2n) is 13.4. The van der Waals surface area contributed by atoms with E-state index >= 15 is 0 Å². The maximum atomic E-state index is 13.7. The summed E-state index contributed by atoms with van der Waals surface area (Å²) in [7, 11) is 0. The van der Waals surface area contributed by atoms with Crippen LogP contribution in [0.5, 0.6) is 0 Å². The van der Waals surface area contributed by atoms with Gasteiger partial charge in [0.1, 0.15) is 12.2 Å². The number of carbonyl (C=O) groups excluding carboxylic acids is 2. The molecule has 0 aromatic heterocycles. The Morgan fingerprint density at radius 2 is 2.00 bits per heavy atom. The number of carbonyl (C=O) groups is 2. The smallest absolute Gasteiger partial charge is 0.303 e. The van der Waals surface area contributed by atoms with Crippen molar-refractivity contribution in [2.24, 2.45) is 40.4 Å². The number of rotatable bonds is 6. The van der Waals surface area contributed by atoms with Crippen LogP contribution >= 0.6 is 0 Å². The molecule has 5 rings (SSSR count). The van der Waals surface area contributed by atoms with E-state index in [0.29, 0.717) is 35.9 Å². The normalized spacial score (nSPS) is 45.9. The molecule has 5 aliphatic rings. The summed E-state index contributed by atoms with van der Waals surface area (Å²) in [5.74, 6) is 2.17. The molecule has 5 nitrogen and oxygen atoms in total. The van der Waals surface area contributed by atoms with Crippen LogP contribution in [0.1, 0.15) is 92.9 Å². The van der Waals surface area contributed by atoms with Gasteiger partial charge < -0.3 is 14.6 Å². The molecule has 34 heavy (non-hydrogen) atoms. The van der Waals surface area contributed by atoms with Crippen molar-refractivity contribution in [1.29, 1.82) is 0 Å². The van der Waals surface area contributed by atoms with Crippen molar-refractivity contribution in [2.75, 3.05) is 0 Å². The Morgan fingerprint density at radius 1 is 1.26 bits per heavy atom. The summed E-state index contributed by atoms with van der Waals surface area (Å²) in [5.41, 5.74) is 0.663. The van der Waals surface area contributed by atoms with Gasteiger partial charge in [-0.15, -0.1) is 0 Å². The van der Waals surface area contributed by atoms with Crippen LogP contribution < -0.4 is 0 Å². The second-order valence-corrected chi connectivity index (χ2v) is 13.4. The number of ether oxygens (including phenoxy) is 2. The highest BCUT2D eigenvalue weighted by Crippen LogP contribution is 2.69. The Morgan fingerprint density at radius 3 is 2.68 bits per heavy atom. The zero-order chi connectivity index (χ0) is 24.6. The minimum Gasteiger partial charge on any atom is -0.459 e. The van der Waals surface area contributed by atoms with Crippen LogP contribution in [-0.2, 0) is 19.1 Å². The lowest BCUT2D eigenvalue weighted by Crippen LogP contribution is -2.56. The van der Waals surface area contributed by atoms with Gasteiger partial charge in [0.25, 0.3) is 0 Å². The van der Waals surface area contributed by atoms with Crippen molar-refractivity contribution in [3.05, 3.63) is 11.6 Å². The zero-order valence-electron chi connectivity index (χ0n) is 21.9. The SMILES string of the molecule is CC(=O)O[C@@H]1CC2=CC(=O)[C@H]3[C@@H]4CC[C@H]([C@H](C)CCCC(C)(C)O)[C@@]4(C)CC[C@@H]3[C@@]2(C)[C@H]2O[C@@H]12. The molecule has 0 aromatic carbocycles. The van der Waals surface area contributed by atoms with Gasteiger partial charge in [0.15, 0.2) is 5.78 Å². The van der Waals surface area contributed by atoms with E-state index in [-0.39, 0.29) is 41.0 Å². The van der Waals surface area contributed by atoms with E-state index < -0.39 is 5.60 Å². The highest BCUT2D eigenvalue weighted by Gasteiger charge is 2.69. The predicted molar refractivity (Wildman–Crippen MR) is 130 cm³/mol. The first-order valence-corrected chi connectivity index (χ1v) is 13.7. The van der Waals surface area contributed by atoms with Crippen LogP contribution in [-0.4, -0.2) is 40.8 Å². The monoisotopic (exact) mass is 472 g/mol. The lowest BCUT2D eigenvalue weighted by atomic mass is 9.46. The van der Waals surface area contributed by atoms with Gasteiger partial charge >= 0.3 is 5.97 Å². The van der Waals surface area contributed by atoms with Gasteiger partial charge in [0.05, 0.1) is 11.7 Å². The van der Waals surface area contributed by atoms with Gasteiger partial charge in [0.2, 0.25) is 0 Å². The minimum atomic E-state index is -0.592. The quantitative estimate of drug-likeness (QED) is 0.423. The number of esters is 1. The fourth-order valence-electron chi connectivity index (χ4n) is 9.12. The Kier molecular flexibility index (Phi) is 5.88. The fraction of sp³-hybridized carbons (Fsp3) is 0.862. The minimum absolute atomic E-state index is 0.0136. The molecule has 10 atom stereocenters. The average Bonchev–Trinajstić information content (AvgIpc) is 3.45. The summed E-state index contributed by atoms with van der Waals surface area (Å²) in [6, 6.07) is 0. The molecule has 190 valence electrons. The molecule has 1 aliphatic heterocycles. The lowest BCUT2D eigenvalue weighted by molar-refractivity contribution is -0.148. The first-order chi connectivity index (χ1) is 15.9. The van der Waals surface area contributed by atoms with E-state index in [4.69, 9.17) is 9.47 Å². The molecule has 3 saturated carbocycles. The summed E-state index contributed by atoms with van der Waals surface area (Å²) < 4.78 is 11.7. The summed E-state index contributed by atoms with van der Waals surface area (Å²) >= 11 is 0. The van der Waals surface area contributed by atoms with E-state index in [0.717, 1.165) is 37.7 Å². The summed E-state index contributed by atoms with van der Waals surface area (Å²) in [5, 5.41) is 10.1. The molecule has 0 aromatic rings. The number of fused-ring (bicyclic) bond motifs is 7. The zero-order valence-corrected chi connectivity index (χ0v) is 21.9. The van der Waals surface area contributed by atoms with Gasteiger partial charge in [-0.1, -0.05) is 39.2 Å². The molecule has 1 saturated heterocycles. The van der Waals surface area contributed by atoms with Gasteiger partial charge in [0, 0.05) is 24.7 Å². The number of epoxide rings is 1. The van der Waals surface area contributed by atoms with E-state index in [1.807, 2.05) is 19.9 Å². The first kappa shape index (κ1) is 24.5. The molecule has 4 aliphatic carbocycles. The number of ketones is 1. The molecule has 0 amide bonds. The molecular formula is C29H44O5. The number of hydrogen-bond acceptors (Lipinski definition) is 5. The third-order valence-corrected chi connectivity index (χ3v) is 10.8. The van der Waals surface area contributed by atoms with E-state index in [9.17, 15) is 14.7 Å². The Hall–Kier alpha value is -1.20. The summed E-state index contributed by atoms with van der Waals surface area (Å²) in [4.78, 5) is 25.3. The van der Waals surface area contributed by atoms with Crippen LogP contribution in [0.4, 0.5) is 0 Å². The largest absolute Gasteiger partial charge is 0.459 e. The maximum absolute atomic E-state index is 13.7. The predicted octanol–water partition coefficient (Wildman–Crippen LogP) is 5.24. The average molecular weight is 473 g/mol. The third kappa shape index (κ3) is 3.80. The Balaban J connectivity index is 1.35. The standard InChI is InChI=1S/C29H44O5/c1-16(8-7-12-27(3,4)32)19-9-10-20-24-21(11-13-28(19,20)5)29(6)18(14-22(24)31)15-23(33-17(2)30)25-26(29)34-25/h14,16,19-21,23-26,32H,7-13,15H2,1-6H3/t16-,19-,20+,21+,23-,24+,25+,26+,28-,29+/m1/s1. The van der Waals surface area contributed by atoms with E-state index in [1.165, 1.54) is 19.8 Å². The van der Waals surface area contributed by atoms with Crippen LogP contribution in [0.2, 0.25) is 0 Å². The van der Waals surface area contributed by atoms with Crippen LogP contribution in [0.3, 0.4) is 0 Å². The summed E-state index contributed by atoms with van der Waals surface area (Å²) in [6.07, 6.45) is 10.0. The van der Waals surface area contributed by atoms with Crippen LogP contribution in [0.25, 0.3) is 0 Å². The molecule has 4 fully saturated rings. The Labute approximate surface area is 205 Å². The number of allylic oxidation sites excluding steroid dienone is 1. The molecular weight excluding hydrogens is 428 g/mol. The molecule has 0 spiro atoms. The molecule has 0 bridgehead atoms. The Bertz CT molecular complexity index is 885. The second kappa shape index (κ2) is 8.16. The van der Waals surface area contributed by atoms with Crippen molar-refractivity contribution in [1.82, 2.24) is 0 Å². The van der Waals surface area contributed by atoms with Gasteiger partial charge in [-0.2, -0.15) is 0 Å². The van der Waals surface area contributed by atoms with Gasteiger partial charge in [-0.05, 0) is 81.1 Å². The maximum Gasteiger partial charge on any atom is 0.303 e. The van der Waals surface area contributed by atoms with Crippen LogP contribution in [0, 0.1) is 40.4 Å². The molecule has 1 heterocycles. The third-order valence-electron chi connectivity index (χ3n) is 10.8. The van der Waals surface area contributed by atoms with Crippen molar-refractivity contribution in [3.8, 4) is 0 Å². The number of aliphatic hydroxyl groups is 1. The van der Waals surface area contributed by atoms with Crippen molar-refractivity contribution in [2.45, 2.75) is 117 Å². The highest BCUT2D eigenvalue weighted by molar-refractivity contribution is 5.94. The summed E-state index contributed by atoms with van der Waals surface area (Å²) in [6.45, 7) is 12.4. The lowest BCUT2D eigenvalue weighted by Gasteiger charge is -2.56. The fourth-order valence-corrected chi connectivity index (χ4v) is 9.12. The number of hydrogen-bond donors (Lipinski definition) is 1. The van der Waals surface area contributed by atoms with E-state index in [1.54, 1.807) is 0 Å². The van der Waals surface area contributed by atoms with Crippen molar-refractivity contribution >= 4 is 11.8 Å². The highest BCUT2D eigenvalue weighted by atomic mass is 16.6. The molecule has 1 N–H and O–H groups in total. The van der Waals surface area contributed by atoms with Crippen LogP contribution in [0.15, 0.2) is 11.6 Å². The van der Waals surface area contributed by atoms with Gasteiger partial charge in [-0.25, -0.2) is 0 Å². The van der Waals surface area contributed by atoms with Crippen molar-refractivity contribution < 1.29 is 24.2 Å². The first-order valence-electron chi connectivity index (χ1n) is 13.7. The van der Waals surface area contributed by atoms with Gasteiger partial charge in [-0.3, -0.25) is 9.59 Å². The topological polar surface area (TPSA) is 76.1 Å². The van der Waals surface area contributed by atoms with E-state index in [2.05, 4.69) is 20.8 Å². The molecule has 0 radical (unpaired) electrons.